The highest BCUT2D eigenvalue weighted by Gasteiger charge is 2.37. The van der Waals surface area contributed by atoms with E-state index in [0.717, 1.165) is 6.07 Å². The average Bonchev–Trinajstić information content (AvgIpc) is 2.18. The molecule has 0 aliphatic carbocycles. The molecular formula is C9H9BF4O3. The Bertz CT molecular complexity index is 406. The van der Waals surface area contributed by atoms with E-state index in [1.807, 2.05) is 0 Å². The molecule has 94 valence electrons. The number of hydrogen-bond acceptors (Lipinski definition) is 3. The van der Waals surface area contributed by atoms with E-state index < -0.39 is 30.1 Å². The molecular weight excluding hydrogens is 243 g/mol. The Hall–Kier alpha value is -1.28. The van der Waals surface area contributed by atoms with Crippen LogP contribution in [0.1, 0.15) is 12.5 Å². The number of hydrogen-bond donors (Lipinski definition) is 2. The molecule has 0 unspecified atom stereocenters. The van der Waals surface area contributed by atoms with Gasteiger partial charge in [0.15, 0.2) is 0 Å². The van der Waals surface area contributed by atoms with Gasteiger partial charge in [0.05, 0.1) is 12.2 Å². The fraction of sp³-hybridized carbons (Fsp3) is 0.333. The number of rotatable bonds is 3. The molecule has 0 bridgehead atoms. The Balaban J connectivity index is 3.38. The average molecular weight is 252 g/mol. The third kappa shape index (κ3) is 3.10. The second-order valence-electron chi connectivity index (χ2n) is 3.18. The summed E-state index contributed by atoms with van der Waals surface area (Å²) in [6.45, 7) is 1.61. The van der Waals surface area contributed by atoms with Crippen LogP contribution in [0.4, 0.5) is 17.6 Å². The lowest BCUT2D eigenvalue weighted by atomic mass is 9.78. The van der Waals surface area contributed by atoms with Gasteiger partial charge in [0.1, 0.15) is 11.6 Å². The maximum absolute atomic E-state index is 13.3. The van der Waals surface area contributed by atoms with Gasteiger partial charge in [-0.15, -0.1) is 0 Å². The summed E-state index contributed by atoms with van der Waals surface area (Å²) >= 11 is 0. The SMILES string of the molecule is CCOc1cc(B(O)O)c(F)c(C(F)(F)F)c1. The number of benzene rings is 1. The minimum atomic E-state index is -4.93. The largest absolute Gasteiger partial charge is 0.494 e. The van der Waals surface area contributed by atoms with Crippen LogP contribution in [-0.2, 0) is 6.18 Å². The monoisotopic (exact) mass is 252 g/mol. The summed E-state index contributed by atoms with van der Waals surface area (Å²) in [7, 11) is -2.34. The molecule has 0 atom stereocenters. The summed E-state index contributed by atoms with van der Waals surface area (Å²) in [6.07, 6.45) is -4.93. The molecule has 0 saturated heterocycles. The van der Waals surface area contributed by atoms with Gasteiger partial charge < -0.3 is 14.8 Å². The van der Waals surface area contributed by atoms with Crippen LogP contribution >= 0.6 is 0 Å². The normalized spacial score (nSPS) is 11.5. The van der Waals surface area contributed by atoms with Gasteiger partial charge in [-0.05, 0) is 19.1 Å². The molecule has 1 aromatic carbocycles. The van der Waals surface area contributed by atoms with Gasteiger partial charge in [0, 0.05) is 5.46 Å². The third-order valence-electron chi connectivity index (χ3n) is 1.97. The lowest BCUT2D eigenvalue weighted by molar-refractivity contribution is -0.140. The Labute approximate surface area is 94.8 Å². The smallest absolute Gasteiger partial charge is 0.491 e. The van der Waals surface area contributed by atoms with E-state index in [1.165, 1.54) is 6.92 Å². The molecule has 0 aliphatic rings. The quantitative estimate of drug-likeness (QED) is 0.621. The van der Waals surface area contributed by atoms with Gasteiger partial charge in [0.25, 0.3) is 0 Å². The topological polar surface area (TPSA) is 49.7 Å². The van der Waals surface area contributed by atoms with Crippen molar-refractivity contribution in [3.05, 3.63) is 23.5 Å². The van der Waals surface area contributed by atoms with Gasteiger partial charge >= 0.3 is 13.3 Å². The van der Waals surface area contributed by atoms with Crippen molar-refractivity contribution in [3.8, 4) is 5.75 Å². The molecule has 0 radical (unpaired) electrons. The molecule has 1 rings (SSSR count). The Morgan fingerprint density at radius 1 is 1.29 bits per heavy atom. The zero-order chi connectivity index (χ0) is 13.2. The van der Waals surface area contributed by atoms with E-state index in [-0.39, 0.29) is 12.4 Å². The highest BCUT2D eigenvalue weighted by Crippen LogP contribution is 2.33. The van der Waals surface area contributed by atoms with Crippen LogP contribution in [-0.4, -0.2) is 23.8 Å². The van der Waals surface area contributed by atoms with E-state index in [9.17, 15) is 17.6 Å². The molecule has 0 spiro atoms. The predicted molar refractivity (Wildman–Crippen MR) is 52.4 cm³/mol. The number of alkyl halides is 3. The maximum Gasteiger partial charge on any atom is 0.491 e. The Kier molecular flexibility index (Phi) is 4.00. The highest BCUT2D eigenvalue weighted by molar-refractivity contribution is 6.58. The summed E-state index contributed by atoms with van der Waals surface area (Å²) in [5.74, 6) is -1.99. The summed E-state index contributed by atoms with van der Waals surface area (Å²) in [5, 5.41) is 17.6. The Morgan fingerprint density at radius 3 is 2.29 bits per heavy atom. The van der Waals surface area contributed by atoms with Crippen molar-refractivity contribution in [1.29, 1.82) is 0 Å². The van der Waals surface area contributed by atoms with Crippen LogP contribution in [0.3, 0.4) is 0 Å². The van der Waals surface area contributed by atoms with E-state index in [2.05, 4.69) is 0 Å². The molecule has 0 aromatic heterocycles. The first-order valence-corrected chi connectivity index (χ1v) is 4.67. The van der Waals surface area contributed by atoms with E-state index in [0.29, 0.717) is 6.07 Å². The second kappa shape index (κ2) is 4.93. The van der Waals surface area contributed by atoms with Gasteiger partial charge in [-0.3, -0.25) is 0 Å². The van der Waals surface area contributed by atoms with Crippen LogP contribution in [0.15, 0.2) is 12.1 Å². The summed E-state index contributed by atoms with van der Waals surface area (Å²) < 4.78 is 55.5. The predicted octanol–water partition coefficient (Wildman–Crippen LogP) is 0.923. The van der Waals surface area contributed by atoms with Crippen molar-refractivity contribution in [3.63, 3.8) is 0 Å². The van der Waals surface area contributed by atoms with Gasteiger partial charge in [-0.1, -0.05) is 0 Å². The summed E-state index contributed by atoms with van der Waals surface area (Å²) in [4.78, 5) is 0. The van der Waals surface area contributed by atoms with Crippen molar-refractivity contribution in [1.82, 2.24) is 0 Å². The van der Waals surface area contributed by atoms with E-state index in [4.69, 9.17) is 14.8 Å². The first kappa shape index (κ1) is 13.8. The fourth-order valence-electron chi connectivity index (χ4n) is 1.26. The molecule has 8 heteroatoms. The molecule has 0 aliphatic heterocycles. The lowest BCUT2D eigenvalue weighted by Gasteiger charge is -2.13. The number of ether oxygens (including phenoxy) is 1. The van der Waals surface area contributed by atoms with Crippen LogP contribution in [0.5, 0.6) is 5.75 Å². The van der Waals surface area contributed by atoms with Crippen molar-refractivity contribution in [2.45, 2.75) is 13.1 Å². The van der Waals surface area contributed by atoms with Crippen molar-refractivity contribution < 1.29 is 32.3 Å². The van der Waals surface area contributed by atoms with Crippen LogP contribution < -0.4 is 10.2 Å². The summed E-state index contributed by atoms with van der Waals surface area (Å²) in [6, 6.07) is 1.30. The van der Waals surface area contributed by atoms with Gasteiger partial charge in [-0.25, -0.2) is 4.39 Å². The minimum absolute atomic E-state index is 0.0733. The maximum atomic E-state index is 13.3. The van der Waals surface area contributed by atoms with Gasteiger partial charge in [-0.2, -0.15) is 13.2 Å². The molecule has 0 saturated carbocycles. The van der Waals surface area contributed by atoms with Crippen molar-refractivity contribution in [2.75, 3.05) is 6.61 Å². The number of halogens is 4. The molecule has 0 amide bonds. The van der Waals surface area contributed by atoms with Crippen molar-refractivity contribution in [2.24, 2.45) is 0 Å². The standard InChI is InChI=1S/C9H9BF4O3/c1-2-17-5-3-6(9(12,13)14)8(11)7(4-5)10(15)16/h3-4,15-16H,2H2,1H3. The Morgan fingerprint density at radius 2 is 1.88 bits per heavy atom. The molecule has 17 heavy (non-hydrogen) atoms. The zero-order valence-corrected chi connectivity index (χ0v) is 8.75. The first-order valence-electron chi connectivity index (χ1n) is 4.67. The van der Waals surface area contributed by atoms with Crippen LogP contribution in [0.25, 0.3) is 0 Å². The molecule has 2 N–H and O–H groups in total. The fourth-order valence-corrected chi connectivity index (χ4v) is 1.26. The zero-order valence-electron chi connectivity index (χ0n) is 8.75. The van der Waals surface area contributed by atoms with Crippen LogP contribution in [0.2, 0.25) is 0 Å². The second-order valence-corrected chi connectivity index (χ2v) is 3.18. The van der Waals surface area contributed by atoms with Crippen molar-refractivity contribution >= 4 is 12.6 Å². The lowest BCUT2D eigenvalue weighted by Crippen LogP contribution is -2.34. The molecule has 3 nitrogen and oxygen atoms in total. The molecule has 1 aromatic rings. The highest BCUT2D eigenvalue weighted by atomic mass is 19.4. The van der Waals surface area contributed by atoms with E-state index >= 15 is 0 Å². The third-order valence-corrected chi connectivity index (χ3v) is 1.97. The van der Waals surface area contributed by atoms with Crippen LogP contribution in [0, 0.1) is 5.82 Å². The van der Waals surface area contributed by atoms with Gasteiger partial charge in [0.2, 0.25) is 0 Å². The summed E-state index contributed by atoms with van der Waals surface area (Å²) in [5.41, 5.74) is -2.46. The molecule has 0 heterocycles. The van der Waals surface area contributed by atoms with E-state index in [1.54, 1.807) is 0 Å². The molecule has 0 fully saturated rings. The minimum Gasteiger partial charge on any atom is -0.494 e. The first-order chi connectivity index (χ1) is 7.77.